The van der Waals surface area contributed by atoms with Gasteiger partial charge in [0.15, 0.2) is 0 Å². The van der Waals surface area contributed by atoms with E-state index >= 15 is 0 Å². The van der Waals surface area contributed by atoms with E-state index < -0.39 is 12.1 Å². The molecule has 178 valence electrons. The number of likely N-dealkylation sites (N-methyl/N-ethyl adjacent to an activating group) is 1. The summed E-state index contributed by atoms with van der Waals surface area (Å²) in [5.74, 6) is 0.478. The molecule has 1 aliphatic rings. The van der Waals surface area contributed by atoms with Gasteiger partial charge in [-0.1, -0.05) is 25.4 Å². The van der Waals surface area contributed by atoms with Gasteiger partial charge >= 0.3 is 6.03 Å². The topological polar surface area (TPSA) is 113 Å². The molecule has 0 saturated carbocycles. The summed E-state index contributed by atoms with van der Waals surface area (Å²) < 4.78 is 0. The van der Waals surface area contributed by atoms with Gasteiger partial charge in [0.1, 0.15) is 6.04 Å². The maximum absolute atomic E-state index is 13.0. The average molecular weight is 482 g/mol. The lowest BCUT2D eigenvalue weighted by Crippen LogP contribution is -2.46. The summed E-state index contributed by atoms with van der Waals surface area (Å²) in [6, 6.07) is 12.8. The van der Waals surface area contributed by atoms with Crippen LogP contribution in [-0.4, -0.2) is 49.0 Å². The molecule has 1 fully saturated rings. The minimum Gasteiger partial charge on any atom is -0.343 e. The van der Waals surface area contributed by atoms with Crippen molar-refractivity contribution in [1.82, 2.24) is 10.2 Å². The molecule has 3 amide bonds. The van der Waals surface area contributed by atoms with Gasteiger partial charge in [-0.05, 0) is 60.9 Å². The van der Waals surface area contributed by atoms with Gasteiger partial charge in [0.05, 0.1) is 0 Å². The van der Waals surface area contributed by atoms with Crippen LogP contribution in [0.4, 0.5) is 21.9 Å². The monoisotopic (exact) mass is 481 g/mol. The second-order valence-corrected chi connectivity index (χ2v) is 8.85. The second-order valence-electron chi connectivity index (χ2n) is 8.41. The lowest BCUT2D eigenvalue weighted by Gasteiger charge is -2.21. The summed E-state index contributed by atoms with van der Waals surface area (Å²) in [5, 5.41) is 17.9. The van der Waals surface area contributed by atoms with E-state index in [-0.39, 0.29) is 11.8 Å². The van der Waals surface area contributed by atoms with Crippen molar-refractivity contribution >= 4 is 46.6 Å². The molecule has 0 radical (unpaired) electrons. The lowest BCUT2D eigenvalue weighted by molar-refractivity contribution is -0.118. The molecule has 1 aliphatic heterocycles. The van der Waals surface area contributed by atoms with Crippen LogP contribution in [0.2, 0.25) is 5.02 Å². The Hall–Kier alpha value is -3.77. The molecule has 1 saturated heterocycles. The number of guanidine groups is 1. The normalized spacial score (nSPS) is 15.2. The number of rotatable bonds is 7. The van der Waals surface area contributed by atoms with E-state index in [1.54, 1.807) is 36.4 Å². The molecular formula is C24H28ClN7O2. The van der Waals surface area contributed by atoms with Crippen molar-refractivity contribution < 1.29 is 9.59 Å². The molecule has 10 heteroatoms. The van der Waals surface area contributed by atoms with Crippen molar-refractivity contribution in [3.05, 3.63) is 53.6 Å². The predicted octanol–water partition coefficient (Wildman–Crippen LogP) is 4.10. The van der Waals surface area contributed by atoms with Crippen LogP contribution < -0.4 is 20.9 Å². The first-order chi connectivity index (χ1) is 16.3. The van der Waals surface area contributed by atoms with Crippen molar-refractivity contribution in [2.24, 2.45) is 10.9 Å². The van der Waals surface area contributed by atoms with Crippen LogP contribution in [0.25, 0.3) is 0 Å². The molecule has 1 atom stereocenters. The molecule has 3 rings (SSSR count). The van der Waals surface area contributed by atoms with E-state index in [1.807, 2.05) is 49.0 Å². The first kappa shape index (κ1) is 24.9. The zero-order valence-corrected chi connectivity index (χ0v) is 20.1. The summed E-state index contributed by atoms with van der Waals surface area (Å²) in [4.78, 5) is 33.2. The fourth-order valence-electron chi connectivity index (χ4n) is 3.61. The average Bonchev–Trinajstić information content (AvgIpc) is 3.15. The molecule has 0 spiro atoms. The summed E-state index contributed by atoms with van der Waals surface area (Å²) in [6.45, 7) is 5.45. The largest absolute Gasteiger partial charge is 0.343 e. The third-order valence-electron chi connectivity index (χ3n) is 5.27. The van der Waals surface area contributed by atoms with Crippen LogP contribution >= 0.6 is 11.6 Å². The van der Waals surface area contributed by atoms with Crippen LogP contribution in [0.5, 0.6) is 0 Å². The van der Waals surface area contributed by atoms with Crippen molar-refractivity contribution in [3.63, 3.8) is 0 Å². The zero-order chi connectivity index (χ0) is 24.7. The number of benzene rings is 2. The van der Waals surface area contributed by atoms with E-state index in [0.29, 0.717) is 35.3 Å². The van der Waals surface area contributed by atoms with E-state index in [9.17, 15) is 9.59 Å². The molecule has 34 heavy (non-hydrogen) atoms. The number of nitrogens with zero attached hydrogens (tertiary/aromatic N) is 4. The number of carbonyl (C=O) groups excluding carboxylic acids is 2. The standard InChI is InChI=1S/C24H28ClN7O2/c1-16(2)14-21(30-23(34)29-19-6-4-17(25)5-7-19)22(33)28-18-8-10-20(11-9-18)32-13-12-31(3)24(32)27-15-26/h4-11,16,21H,12-14H2,1-3H3,(H,28,33)(H2,29,30,34)/t21-/m1/s1. The minimum absolute atomic E-state index is 0.193. The van der Waals surface area contributed by atoms with Gasteiger partial charge in [-0.3, -0.25) is 4.79 Å². The summed E-state index contributed by atoms with van der Waals surface area (Å²) >= 11 is 5.88. The fraction of sp³-hybridized carbons (Fsp3) is 0.333. The first-order valence-electron chi connectivity index (χ1n) is 11.0. The zero-order valence-electron chi connectivity index (χ0n) is 19.4. The number of carbonyl (C=O) groups is 2. The maximum atomic E-state index is 13.0. The smallest absolute Gasteiger partial charge is 0.319 e. The van der Waals surface area contributed by atoms with Crippen LogP contribution in [-0.2, 0) is 4.79 Å². The molecular weight excluding hydrogens is 454 g/mol. The van der Waals surface area contributed by atoms with Crippen molar-refractivity contribution in [2.75, 3.05) is 35.7 Å². The van der Waals surface area contributed by atoms with E-state index in [4.69, 9.17) is 16.9 Å². The van der Waals surface area contributed by atoms with Crippen LogP contribution in [0, 0.1) is 17.4 Å². The third-order valence-corrected chi connectivity index (χ3v) is 5.52. The van der Waals surface area contributed by atoms with Crippen molar-refractivity contribution in [3.8, 4) is 6.19 Å². The van der Waals surface area contributed by atoms with Crippen LogP contribution in [0.1, 0.15) is 20.3 Å². The lowest BCUT2D eigenvalue weighted by atomic mass is 10.0. The number of hydrogen-bond donors (Lipinski definition) is 3. The Morgan fingerprint density at radius 2 is 1.68 bits per heavy atom. The highest BCUT2D eigenvalue weighted by Gasteiger charge is 2.25. The van der Waals surface area contributed by atoms with Crippen molar-refractivity contribution in [1.29, 1.82) is 5.26 Å². The summed E-state index contributed by atoms with van der Waals surface area (Å²) in [5.41, 5.74) is 2.05. The third kappa shape index (κ3) is 6.62. The van der Waals surface area contributed by atoms with Gasteiger partial charge in [-0.2, -0.15) is 5.26 Å². The Morgan fingerprint density at radius 1 is 1.06 bits per heavy atom. The second kappa shape index (κ2) is 11.4. The molecule has 0 bridgehead atoms. The highest BCUT2D eigenvalue weighted by molar-refractivity contribution is 6.30. The van der Waals surface area contributed by atoms with Crippen LogP contribution in [0.15, 0.2) is 53.5 Å². The molecule has 0 aromatic heterocycles. The van der Waals surface area contributed by atoms with E-state index in [0.717, 1.165) is 12.2 Å². The van der Waals surface area contributed by atoms with E-state index in [2.05, 4.69) is 20.9 Å². The SMILES string of the molecule is CC(C)C[C@@H](NC(=O)Nc1ccc(Cl)cc1)C(=O)Nc1ccc(N2CCN(C)C2=NC#N)cc1. The number of anilines is 3. The van der Waals surface area contributed by atoms with Gasteiger partial charge < -0.3 is 25.8 Å². The highest BCUT2D eigenvalue weighted by atomic mass is 35.5. The molecule has 2 aromatic carbocycles. The fourth-order valence-corrected chi connectivity index (χ4v) is 3.73. The van der Waals surface area contributed by atoms with Gasteiger partial charge in [-0.25, -0.2) is 4.79 Å². The molecule has 1 heterocycles. The Balaban J connectivity index is 1.64. The quantitative estimate of drug-likeness (QED) is 0.515. The molecule has 9 nitrogen and oxygen atoms in total. The Labute approximate surface area is 204 Å². The van der Waals surface area contributed by atoms with Gasteiger partial charge in [0, 0.05) is 42.2 Å². The number of urea groups is 1. The minimum atomic E-state index is -0.714. The van der Waals surface area contributed by atoms with Gasteiger partial charge in [0.25, 0.3) is 0 Å². The molecule has 2 aromatic rings. The highest BCUT2D eigenvalue weighted by Crippen LogP contribution is 2.22. The molecule has 3 N–H and O–H groups in total. The van der Waals surface area contributed by atoms with Crippen molar-refractivity contribution in [2.45, 2.75) is 26.3 Å². The maximum Gasteiger partial charge on any atom is 0.319 e. The summed E-state index contributed by atoms with van der Waals surface area (Å²) in [7, 11) is 1.88. The van der Waals surface area contributed by atoms with E-state index in [1.165, 1.54) is 0 Å². The first-order valence-corrected chi connectivity index (χ1v) is 11.3. The number of amides is 3. The number of aliphatic imine (C=N–C) groups is 1. The molecule has 0 unspecified atom stereocenters. The number of hydrogen-bond acceptors (Lipinski definition) is 4. The van der Waals surface area contributed by atoms with Gasteiger partial charge in [0.2, 0.25) is 18.1 Å². The van der Waals surface area contributed by atoms with Crippen LogP contribution in [0.3, 0.4) is 0 Å². The molecule has 0 aliphatic carbocycles. The number of halogens is 1. The Kier molecular flexibility index (Phi) is 8.33. The predicted molar refractivity (Wildman–Crippen MR) is 135 cm³/mol. The Bertz CT molecular complexity index is 1080. The number of nitrogens with one attached hydrogen (secondary N) is 3. The number of nitriles is 1. The summed E-state index contributed by atoms with van der Waals surface area (Å²) in [6.07, 6.45) is 2.32. The Morgan fingerprint density at radius 3 is 2.29 bits per heavy atom. The van der Waals surface area contributed by atoms with Gasteiger partial charge in [-0.15, -0.1) is 4.99 Å².